The number of pyridine rings is 1. The quantitative estimate of drug-likeness (QED) is 0.587. The van der Waals surface area contributed by atoms with Crippen molar-refractivity contribution in [1.29, 1.82) is 0 Å². The molecule has 20 heavy (non-hydrogen) atoms. The second-order valence-electron chi connectivity index (χ2n) is 3.80. The first-order valence-corrected chi connectivity index (χ1v) is 7.14. The summed E-state index contributed by atoms with van der Waals surface area (Å²) in [6.07, 6.45) is 4.88. The minimum atomic E-state index is -3.64. The molecule has 4 N–H and O–H groups in total. The lowest BCUT2D eigenvalue weighted by atomic mass is 10.2. The zero-order valence-corrected chi connectivity index (χ0v) is 11.1. The molecule has 8 nitrogen and oxygen atoms in total. The summed E-state index contributed by atoms with van der Waals surface area (Å²) in [5.74, 6) is -2.01. The number of amides is 1. The number of primary sulfonamides is 1. The van der Waals surface area contributed by atoms with Crippen molar-refractivity contribution in [2.24, 2.45) is 5.14 Å². The Morgan fingerprint density at radius 3 is 2.70 bits per heavy atom. The third-order valence-corrected chi connectivity index (χ3v) is 2.89. The molecule has 0 aromatic carbocycles. The Bertz CT molecular complexity index is 639. The van der Waals surface area contributed by atoms with E-state index in [9.17, 15) is 18.0 Å². The number of carbonyl (C=O) groups is 2. The van der Waals surface area contributed by atoms with Crippen LogP contribution in [0.1, 0.15) is 15.9 Å². The van der Waals surface area contributed by atoms with Gasteiger partial charge in [-0.25, -0.2) is 18.4 Å². The number of nitrogens with zero attached hydrogens (tertiary/aromatic N) is 1. The van der Waals surface area contributed by atoms with Crippen LogP contribution in [0.4, 0.5) is 0 Å². The fraction of sp³-hybridized carbons (Fsp3) is 0.182. The van der Waals surface area contributed by atoms with Crippen LogP contribution < -0.4 is 10.5 Å². The summed E-state index contributed by atoms with van der Waals surface area (Å²) in [5.41, 5.74) is 0.624. The summed E-state index contributed by atoms with van der Waals surface area (Å²) >= 11 is 0. The van der Waals surface area contributed by atoms with Gasteiger partial charge in [0, 0.05) is 25.0 Å². The van der Waals surface area contributed by atoms with Crippen molar-refractivity contribution in [3.8, 4) is 0 Å². The molecule has 0 saturated carbocycles. The van der Waals surface area contributed by atoms with E-state index in [1.807, 2.05) is 0 Å². The minimum Gasteiger partial charge on any atom is -0.478 e. The molecular weight excluding hydrogens is 286 g/mol. The molecule has 0 fully saturated rings. The highest BCUT2D eigenvalue weighted by atomic mass is 32.2. The predicted molar refractivity (Wildman–Crippen MR) is 71.2 cm³/mol. The number of carboxylic acids is 1. The minimum absolute atomic E-state index is 0.118. The van der Waals surface area contributed by atoms with Crippen LogP contribution in [0, 0.1) is 0 Å². The Kier molecular flexibility index (Phi) is 5.35. The molecule has 0 saturated heterocycles. The van der Waals surface area contributed by atoms with E-state index in [2.05, 4.69) is 10.3 Å². The summed E-state index contributed by atoms with van der Waals surface area (Å²) in [6, 6.07) is 1.43. The van der Waals surface area contributed by atoms with Gasteiger partial charge in [-0.05, 0) is 17.7 Å². The molecule has 9 heteroatoms. The Hall–Kier alpha value is -2.26. The van der Waals surface area contributed by atoms with Gasteiger partial charge in [0.25, 0.3) is 5.91 Å². The van der Waals surface area contributed by atoms with E-state index in [4.69, 9.17) is 10.2 Å². The molecule has 108 valence electrons. The first-order chi connectivity index (χ1) is 9.28. The van der Waals surface area contributed by atoms with Crippen molar-refractivity contribution in [2.75, 3.05) is 12.3 Å². The second kappa shape index (κ2) is 6.78. The van der Waals surface area contributed by atoms with Gasteiger partial charge in [0.1, 0.15) is 0 Å². The fourth-order valence-electron chi connectivity index (χ4n) is 1.25. The van der Waals surface area contributed by atoms with Crippen LogP contribution in [0.2, 0.25) is 0 Å². The van der Waals surface area contributed by atoms with Crippen molar-refractivity contribution in [3.63, 3.8) is 0 Å². The first kappa shape index (κ1) is 15.8. The predicted octanol–water partition coefficient (Wildman–Crippen LogP) is -0.802. The molecule has 1 amide bonds. The van der Waals surface area contributed by atoms with Crippen molar-refractivity contribution in [1.82, 2.24) is 10.3 Å². The number of aromatic nitrogens is 1. The van der Waals surface area contributed by atoms with Crippen LogP contribution in [0.15, 0.2) is 24.5 Å². The van der Waals surface area contributed by atoms with Crippen LogP contribution >= 0.6 is 0 Å². The van der Waals surface area contributed by atoms with E-state index in [-0.39, 0.29) is 17.9 Å². The molecule has 0 unspecified atom stereocenters. The summed E-state index contributed by atoms with van der Waals surface area (Å²) in [5, 5.41) is 15.7. The Balaban J connectivity index is 2.69. The average Bonchev–Trinajstić information content (AvgIpc) is 2.35. The van der Waals surface area contributed by atoms with Crippen LogP contribution in [0.5, 0.6) is 0 Å². The van der Waals surface area contributed by atoms with E-state index in [0.29, 0.717) is 5.56 Å². The van der Waals surface area contributed by atoms with Gasteiger partial charge in [-0.15, -0.1) is 0 Å². The van der Waals surface area contributed by atoms with E-state index in [1.54, 1.807) is 0 Å². The summed E-state index contributed by atoms with van der Waals surface area (Å²) in [6.45, 7) is -0.118. The van der Waals surface area contributed by atoms with Gasteiger partial charge in [0.15, 0.2) is 0 Å². The van der Waals surface area contributed by atoms with Crippen LogP contribution in [-0.4, -0.2) is 42.7 Å². The molecule has 0 aliphatic heterocycles. The van der Waals surface area contributed by atoms with Gasteiger partial charge in [-0.3, -0.25) is 9.78 Å². The molecule has 0 atom stereocenters. The highest BCUT2D eigenvalue weighted by Gasteiger charge is 2.08. The number of sulfonamides is 1. The largest absolute Gasteiger partial charge is 0.478 e. The zero-order valence-electron chi connectivity index (χ0n) is 10.3. The van der Waals surface area contributed by atoms with Crippen molar-refractivity contribution >= 4 is 28.0 Å². The highest BCUT2D eigenvalue weighted by Crippen LogP contribution is 2.04. The van der Waals surface area contributed by atoms with E-state index in [0.717, 1.165) is 6.08 Å². The standard InChI is InChI=1S/C11H13N3O5S/c12-20(18,19)4-3-14-11(17)9-5-8(6-13-7-9)1-2-10(15)16/h1-2,5-7H,3-4H2,(H,14,17)(H,15,16)(H2,12,18,19). The number of rotatable bonds is 6. The molecule has 1 aromatic heterocycles. The maximum absolute atomic E-state index is 11.7. The first-order valence-electron chi connectivity index (χ1n) is 5.42. The molecule has 0 bridgehead atoms. The molecular formula is C11H13N3O5S. The summed E-state index contributed by atoms with van der Waals surface area (Å²) in [7, 11) is -3.64. The molecule has 1 aromatic rings. The average molecular weight is 299 g/mol. The van der Waals surface area contributed by atoms with Crippen LogP contribution in [0.25, 0.3) is 6.08 Å². The number of nitrogens with one attached hydrogen (secondary N) is 1. The van der Waals surface area contributed by atoms with Crippen molar-refractivity contribution < 1.29 is 23.1 Å². The van der Waals surface area contributed by atoms with Crippen LogP contribution in [-0.2, 0) is 14.8 Å². The van der Waals surface area contributed by atoms with Gasteiger partial charge < -0.3 is 10.4 Å². The maximum Gasteiger partial charge on any atom is 0.328 e. The molecule has 0 aliphatic carbocycles. The lowest BCUT2D eigenvalue weighted by Crippen LogP contribution is -2.31. The van der Waals surface area contributed by atoms with Gasteiger partial charge in [-0.2, -0.15) is 0 Å². The number of nitrogens with two attached hydrogens (primary N) is 1. The fourth-order valence-corrected chi connectivity index (χ4v) is 1.64. The molecule has 0 aliphatic rings. The van der Waals surface area contributed by atoms with Gasteiger partial charge in [0.2, 0.25) is 10.0 Å². The number of carboxylic acid groups (broad SMARTS) is 1. The van der Waals surface area contributed by atoms with Gasteiger partial charge >= 0.3 is 5.97 Å². The zero-order chi connectivity index (χ0) is 15.2. The summed E-state index contributed by atoms with van der Waals surface area (Å²) in [4.78, 5) is 25.9. The maximum atomic E-state index is 11.7. The number of aliphatic carboxylic acids is 1. The Morgan fingerprint density at radius 2 is 2.10 bits per heavy atom. The normalized spacial score (nSPS) is 11.4. The molecule has 0 radical (unpaired) electrons. The Labute approximate surface area is 115 Å². The van der Waals surface area contributed by atoms with Gasteiger partial charge in [0.05, 0.1) is 11.3 Å². The second-order valence-corrected chi connectivity index (χ2v) is 5.54. The van der Waals surface area contributed by atoms with Crippen LogP contribution in [0.3, 0.4) is 0 Å². The smallest absolute Gasteiger partial charge is 0.328 e. The van der Waals surface area contributed by atoms with E-state index >= 15 is 0 Å². The van der Waals surface area contributed by atoms with E-state index < -0.39 is 21.9 Å². The number of hydrogen-bond acceptors (Lipinski definition) is 5. The Morgan fingerprint density at radius 1 is 1.40 bits per heavy atom. The number of carbonyl (C=O) groups excluding carboxylic acids is 1. The van der Waals surface area contributed by atoms with E-state index in [1.165, 1.54) is 24.5 Å². The van der Waals surface area contributed by atoms with Gasteiger partial charge in [-0.1, -0.05) is 0 Å². The topological polar surface area (TPSA) is 139 Å². The summed E-state index contributed by atoms with van der Waals surface area (Å²) < 4.78 is 21.4. The number of hydrogen-bond donors (Lipinski definition) is 3. The SMILES string of the molecule is NS(=O)(=O)CCNC(=O)c1cncc(C=CC(=O)O)c1. The molecule has 1 heterocycles. The third-order valence-electron chi connectivity index (χ3n) is 2.11. The lowest BCUT2D eigenvalue weighted by molar-refractivity contribution is -0.131. The third kappa shape index (κ3) is 6.07. The highest BCUT2D eigenvalue weighted by molar-refractivity contribution is 7.89. The monoisotopic (exact) mass is 299 g/mol. The molecule has 1 rings (SSSR count). The van der Waals surface area contributed by atoms with Crippen molar-refractivity contribution in [3.05, 3.63) is 35.7 Å². The van der Waals surface area contributed by atoms with Crippen molar-refractivity contribution in [2.45, 2.75) is 0 Å². The lowest BCUT2D eigenvalue weighted by Gasteiger charge is -2.04. The molecule has 0 spiro atoms.